The van der Waals surface area contributed by atoms with Crippen molar-refractivity contribution in [2.24, 2.45) is 4.99 Å². The van der Waals surface area contributed by atoms with Gasteiger partial charge in [-0.3, -0.25) is 0 Å². The van der Waals surface area contributed by atoms with Gasteiger partial charge < -0.3 is 13.6 Å². The molecule has 1 aliphatic heterocycles. The number of nitrogens with zero attached hydrogens (tertiary/aromatic N) is 1. The van der Waals surface area contributed by atoms with Crippen molar-refractivity contribution in [3.8, 4) is 11.5 Å². The maximum Gasteiger partial charge on any atom is 0.648 e. The highest BCUT2D eigenvalue weighted by Gasteiger charge is 2.34. The maximum atomic E-state index is 13.2. The van der Waals surface area contributed by atoms with Crippen LogP contribution in [0.5, 0.6) is 11.5 Å². The van der Waals surface area contributed by atoms with E-state index in [-0.39, 0.29) is 5.88 Å². The molecular weight excluding hydrogens is 337 g/mol. The van der Waals surface area contributed by atoms with Gasteiger partial charge in [-0.1, -0.05) is 36.4 Å². The van der Waals surface area contributed by atoms with Gasteiger partial charge in [0, 0.05) is 6.21 Å². The standard InChI is InChI=1S/C19H20NO4P/c21-25(22-17-11-5-3-6-12-17,23-18-13-7-4-8-14-18)24-19-15-9-1-2-10-16-20-19/h3-8,11-16H,1-2,9-10H2/b19-15+,20-16+. The van der Waals surface area contributed by atoms with Crippen LogP contribution in [0.1, 0.15) is 25.7 Å². The summed E-state index contributed by atoms with van der Waals surface area (Å²) in [6, 6.07) is 17.6. The third-order valence-electron chi connectivity index (χ3n) is 3.45. The molecule has 0 atom stereocenters. The van der Waals surface area contributed by atoms with Crippen molar-refractivity contribution in [3.63, 3.8) is 0 Å². The summed E-state index contributed by atoms with van der Waals surface area (Å²) in [6.07, 6.45) is 7.35. The second kappa shape index (κ2) is 8.54. The van der Waals surface area contributed by atoms with Gasteiger partial charge in [0.2, 0.25) is 5.88 Å². The van der Waals surface area contributed by atoms with Gasteiger partial charge in [0.15, 0.2) is 0 Å². The Bertz CT molecular complexity index is 729. The quantitative estimate of drug-likeness (QED) is 0.617. The van der Waals surface area contributed by atoms with Crippen LogP contribution in [0.4, 0.5) is 0 Å². The van der Waals surface area contributed by atoms with E-state index >= 15 is 0 Å². The van der Waals surface area contributed by atoms with Gasteiger partial charge >= 0.3 is 7.82 Å². The van der Waals surface area contributed by atoms with Gasteiger partial charge in [-0.05, 0) is 56.0 Å². The minimum atomic E-state index is -3.95. The third kappa shape index (κ3) is 5.50. The van der Waals surface area contributed by atoms with E-state index in [2.05, 4.69) is 4.99 Å². The fourth-order valence-corrected chi connectivity index (χ4v) is 3.49. The first-order chi connectivity index (χ1) is 12.2. The van der Waals surface area contributed by atoms with E-state index < -0.39 is 7.82 Å². The summed E-state index contributed by atoms with van der Waals surface area (Å²) >= 11 is 0. The number of phosphoric acid groups is 1. The highest BCUT2D eigenvalue weighted by Crippen LogP contribution is 2.51. The van der Waals surface area contributed by atoms with Crippen molar-refractivity contribution in [1.29, 1.82) is 0 Å². The van der Waals surface area contributed by atoms with Crippen molar-refractivity contribution in [2.45, 2.75) is 25.7 Å². The summed E-state index contributed by atoms with van der Waals surface area (Å²) < 4.78 is 30.0. The van der Waals surface area contributed by atoms with Crippen molar-refractivity contribution in [2.75, 3.05) is 0 Å². The summed E-state index contributed by atoms with van der Waals surface area (Å²) in [4.78, 5) is 4.23. The van der Waals surface area contributed by atoms with E-state index in [1.54, 1.807) is 54.7 Å². The van der Waals surface area contributed by atoms with E-state index in [4.69, 9.17) is 13.6 Å². The zero-order valence-electron chi connectivity index (χ0n) is 13.8. The fourth-order valence-electron chi connectivity index (χ4n) is 2.26. The predicted molar refractivity (Wildman–Crippen MR) is 97.9 cm³/mol. The number of benzene rings is 2. The number of allylic oxidation sites excluding steroid dienone is 1. The van der Waals surface area contributed by atoms with Crippen LogP contribution < -0.4 is 9.05 Å². The average Bonchev–Trinajstić information content (AvgIpc) is 2.59. The number of aliphatic imine (C=N–C) groups is 1. The van der Waals surface area contributed by atoms with Gasteiger partial charge in [-0.25, -0.2) is 4.99 Å². The topological polar surface area (TPSA) is 57.1 Å². The average molecular weight is 357 g/mol. The van der Waals surface area contributed by atoms with Crippen molar-refractivity contribution >= 4 is 14.0 Å². The van der Waals surface area contributed by atoms with Crippen LogP contribution in [-0.2, 0) is 9.09 Å². The monoisotopic (exact) mass is 357 g/mol. The smallest absolute Gasteiger partial charge is 0.386 e. The molecule has 0 saturated carbocycles. The van der Waals surface area contributed by atoms with E-state index in [9.17, 15) is 4.57 Å². The molecule has 0 fully saturated rings. The van der Waals surface area contributed by atoms with Gasteiger partial charge in [0.1, 0.15) is 11.5 Å². The fraction of sp³-hybridized carbons (Fsp3) is 0.211. The predicted octanol–water partition coefficient (Wildman–Crippen LogP) is 5.76. The molecule has 0 aliphatic carbocycles. The molecule has 0 unspecified atom stereocenters. The Hall–Kier alpha value is -2.52. The Balaban J connectivity index is 1.84. The molecule has 2 aromatic carbocycles. The Labute approximate surface area is 147 Å². The molecule has 0 N–H and O–H groups in total. The number of phosphoric ester groups is 1. The van der Waals surface area contributed by atoms with Crippen LogP contribution in [0.3, 0.4) is 0 Å². The molecule has 3 rings (SSSR count). The first kappa shape index (κ1) is 17.3. The lowest BCUT2D eigenvalue weighted by Gasteiger charge is -2.19. The van der Waals surface area contributed by atoms with E-state index in [1.807, 2.05) is 18.2 Å². The Morgan fingerprint density at radius 1 is 0.760 bits per heavy atom. The molecule has 2 aromatic rings. The molecule has 5 nitrogen and oxygen atoms in total. The van der Waals surface area contributed by atoms with Gasteiger partial charge in [0.05, 0.1) is 0 Å². The minimum Gasteiger partial charge on any atom is -0.386 e. The summed E-state index contributed by atoms with van der Waals surface area (Å²) in [5.74, 6) is 1.06. The minimum absolute atomic E-state index is 0.259. The van der Waals surface area contributed by atoms with Gasteiger partial charge in [0.25, 0.3) is 0 Å². The highest BCUT2D eigenvalue weighted by atomic mass is 31.2. The van der Waals surface area contributed by atoms with E-state index in [0.717, 1.165) is 25.7 Å². The molecule has 6 heteroatoms. The van der Waals surface area contributed by atoms with Crippen molar-refractivity contribution in [1.82, 2.24) is 0 Å². The normalized spacial score (nSPS) is 18.2. The highest BCUT2D eigenvalue weighted by molar-refractivity contribution is 7.49. The first-order valence-corrected chi connectivity index (χ1v) is 9.71. The molecule has 1 heterocycles. The number of para-hydroxylation sites is 2. The zero-order chi connectivity index (χ0) is 17.4. The van der Waals surface area contributed by atoms with Crippen LogP contribution in [0.15, 0.2) is 77.6 Å². The van der Waals surface area contributed by atoms with Crippen LogP contribution in [0, 0.1) is 0 Å². The lowest BCUT2D eigenvalue weighted by atomic mass is 10.2. The maximum absolute atomic E-state index is 13.2. The van der Waals surface area contributed by atoms with Crippen LogP contribution in [-0.4, -0.2) is 6.21 Å². The second-order valence-electron chi connectivity index (χ2n) is 5.49. The molecule has 0 radical (unpaired) electrons. The third-order valence-corrected chi connectivity index (χ3v) is 4.73. The molecule has 0 aromatic heterocycles. The molecule has 130 valence electrons. The zero-order valence-corrected chi connectivity index (χ0v) is 14.7. The summed E-state index contributed by atoms with van der Waals surface area (Å²) in [6.45, 7) is 0. The summed E-state index contributed by atoms with van der Waals surface area (Å²) in [5, 5.41) is 0. The van der Waals surface area contributed by atoms with Crippen molar-refractivity contribution < 1.29 is 18.1 Å². The Kier molecular flexibility index (Phi) is 5.91. The Morgan fingerprint density at radius 3 is 1.92 bits per heavy atom. The molecular formula is C19H20NO4P. The lowest BCUT2D eigenvalue weighted by molar-refractivity contribution is 0.254. The number of rotatable bonds is 6. The molecule has 1 aliphatic rings. The summed E-state index contributed by atoms with van der Waals surface area (Å²) in [7, 11) is -3.95. The van der Waals surface area contributed by atoms with Crippen LogP contribution in [0.25, 0.3) is 0 Å². The van der Waals surface area contributed by atoms with Gasteiger partial charge in [-0.15, -0.1) is 0 Å². The first-order valence-electron chi connectivity index (χ1n) is 8.25. The second-order valence-corrected chi connectivity index (χ2v) is 6.93. The SMILES string of the molecule is O=P(OC1=C/CCCC\C=N\1)(Oc1ccccc1)Oc1ccccc1. The molecule has 0 saturated heterocycles. The van der Waals surface area contributed by atoms with E-state index in [0.29, 0.717) is 11.5 Å². The Morgan fingerprint density at radius 2 is 1.32 bits per heavy atom. The largest absolute Gasteiger partial charge is 0.648 e. The summed E-state index contributed by atoms with van der Waals surface area (Å²) in [5.41, 5.74) is 0. The molecule has 0 bridgehead atoms. The molecule has 25 heavy (non-hydrogen) atoms. The molecule has 0 spiro atoms. The number of hydrogen-bond acceptors (Lipinski definition) is 5. The van der Waals surface area contributed by atoms with Gasteiger partial charge in [-0.2, -0.15) is 4.57 Å². The lowest BCUT2D eigenvalue weighted by Crippen LogP contribution is -2.05. The van der Waals surface area contributed by atoms with E-state index in [1.165, 1.54) is 0 Å². The number of hydrogen-bond donors (Lipinski definition) is 0. The van der Waals surface area contributed by atoms with Crippen LogP contribution >= 0.6 is 7.82 Å². The van der Waals surface area contributed by atoms with Crippen molar-refractivity contribution in [3.05, 3.63) is 72.6 Å². The molecule has 0 amide bonds. The van der Waals surface area contributed by atoms with Crippen LogP contribution in [0.2, 0.25) is 0 Å².